The summed E-state index contributed by atoms with van der Waals surface area (Å²) in [5.41, 5.74) is -0.570. The molecule has 118 valence electrons. The molecule has 0 bridgehead atoms. The zero-order valence-electron chi connectivity index (χ0n) is 14.0. The number of carbonyl (C=O) groups excluding carboxylic acids is 2. The molecule has 0 saturated heterocycles. The Morgan fingerprint density at radius 2 is 1.70 bits per heavy atom. The molecule has 0 saturated carbocycles. The molecular formula is C16H31NO3. The van der Waals surface area contributed by atoms with Crippen LogP contribution in [-0.4, -0.2) is 30.4 Å². The Balaban J connectivity index is 4.18. The maximum atomic E-state index is 11.5. The van der Waals surface area contributed by atoms with E-state index in [1.807, 2.05) is 20.8 Å². The Kier molecular flexibility index (Phi) is 8.02. The van der Waals surface area contributed by atoms with Gasteiger partial charge in [-0.1, -0.05) is 27.7 Å². The van der Waals surface area contributed by atoms with Crippen LogP contribution >= 0.6 is 0 Å². The fraction of sp³-hybridized carbons (Fsp3) is 0.875. The summed E-state index contributed by atoms with van der Waals surface area (Å²) in [6.45, 7) is 12.7. The zero-order chi connectivity index (χ0) is 15.8. The van der Waals surface area contributed by atoms with Gasteiger partial charge in [0.1, 0.15) is 5.78 Å². The average Bonchev–Trinajstić information content (AvgIpc) is 2.38. The first kappa shape index (κ1) is 19.1. The van der Waals surface area contributed by atoms with Gasteiger partial charge in [-0.05, 0) is 33.1 Å². The molecule has 4 nitrogen and oxygen atoms in total. The largest absolute Gasteiger partial charge is 0.375 e. The number of carbonyl (C=O) groups is 2. The van der Waals surface area contributed by atoms with E-state index in [2.05, 4.69) is 19.2 Å². The van der Waals surface area contributed by atoms with Crippen molar-refractivity contribution in [2.45, 2.75) is 72.8 Å². The predicted octanol–water partition coefficient (Wildman–Crippen LogP) is 3.09. The van der Waals surface area contributed by atoms with Crippen molar-refractivity contribution in [1.82, 2.24) is 5.32 Å². The van der Waals surface area contributed by atoms with E-state index in [1.54, 1.807) is 6.92 Å². The van der Waals surface area contributed by atoms with Crippen LogP contribution < -0.4 is 5.32 Å². The molecule has 0 spiro atoms. The van der Waals surface area contributed by atoms with Crippen molar-refractivity contribution in [3.8, 4) is 0 Å². The highest BCUT2D eigenvalue weighted by molar-refractivity contribution is 5.81. The van der Waals surface area contributed by atoms with E-state index >= 15 is 0 Å². The van der Waals surface area contributed by atoms with Crippen LogP contribution in [0, 0.1) is 5.41 Å². The first-order chi connectivity index (χ1) is 9.17. The minimum Gasteiger partial charge on any atom is -0.375 e. The van der Waals surface area contributed by atoms with Gasteiger partial charge in [-0.15, -0.1) is 0 Å². The van der Waals surface area contributed by atoms with Crippen molar-refractivity contribution in [3.63, 3.8) is 0 Å². The van der Waals surface area contributed by atoms with Gasteiger partial charge in [0.2, 0.25) is 5.91 Å². The smallest absolute Gasteiger partial charge is 0.219 e. The number of Topliss-reactive ketones (excluding diaryl/α,β-unsaturated/α-hetero) is 1. The second-order valence-electron chi connectivity index (χ2n) is 6.30. The molecule has 0 radical (unpaired) electrons. The van der Waals surface area contributed by atoms with Crippen LogP contribution in [0.15, 0.2) is 0 Å². The summed E-state index contributed by atoms with van der Waals surface area (Å²) >= 11 is 0. The van der Waals surface area contributed by atoms with Crippen molar-refractivity contribution >= 4 is 11.7 Å². The molecule has 0 aromatic carbocycles. The van der Waals surface area contributed by atoms with Crippen LogP contribution in [0.25, 0.3) is 0 Å². The lowest BCUT2D eigenvalue weighted by molar-refractivity contribution is -0.127. The predicted molar refractivity (Wildman–Crippen MR) is 81.6 cm³/mol. The highest BCUT2D eigenvalue weighted by Gasteiger charge is 2.27. The number of hydrogen-bond donors (Lipinski definition) is 1. The summed E-state index contributed by atoms with van der Waals surface area (Å²) in [4.78, 5) is 22.7. The van der Waals surface area contributed by atoms with Crippen LogP contribution in [0.2, 0.25) is 0 Å². The van der Waals surface area contributed by atoms with Crippen LogP contribution in [-0.2, 0) is 14.3 Å². The van der Waals surface area contributed by atoms with E-state index in [1.165, 1.54) is 0 Å². The molecule has 0 aliphatic heterocycles. The van der Waals surface area contributed by atoms with E-state index in [4.69, 9.17) is 4.74 Å². The zero-order valence-corrected chi connectivity index (χ0v) is 14.0. The average molecular weight is 285 g/mol. The van der Waals surface area contributed by atoms with Crippen molar-refractivity contribution in [2.75, 3.05) is 13.2 Å². The molecule has 20 heavy (non-hydrogen) atoms. The monoisotopic (exact) mass is 285 g/mol. The first-order valence-corrected chi connectivity index (χ1v) is 7.58. The minimum absolute atomic E-state index is 0.0705. The first-order valence-electron chi connectivity index (χ1n) is 7.58. The van der Waals surface area contributed by atoms with Crippen molar-refractivity contribution in [3.05, 3.63) is 0 Å². The Bertz CT molecular complexity index is 326. The molecule has 0 aromatic rings. The Morgan fingerprint density at radius 1 is 1.10 bits per heavy atom. The van der Waals surface area contributed by atoms with Crippen LogP contribution in [0.5, 0.6) is 0 Å². The number of ketones is 1. The molecule has 0 aliphatic rings. The lowest BCUT2D eigenvalue weighted by Gasteiger charge is -2.31. The van der Waals surface area contributed by atoms with E-state index in [-0.39, 0.29) is 22.7 Å². The van der Waals surface area contributed by atoms with Gasteiger partial charge in [-0.3, -0.25) is 9.59 Å². The van der Waals surface area contributed by atoms with E-state index < -0.39 is 0 Å². The van der Waals surface area contributed by atoms with Gasteiger partial charge in [-0.25, -0.2) is 0 Å². The van der Waals surface area contributed by atoms with Crippen molar-refractivity contribution < 1.29 is 14.3 Å². The Labute approximate surface area is 123 Å². The standard InChI is InChI=1S/C16H31NO3/c1-7-14(19)17-11-9-16(6,8-2)20-12-10-15(4,5)13(3)18/h7-12H2,1-6H3,(H,17,19). The Hall–Kier alpha value is -0.900. The van der Waals surface area contributed by atoms with Crippen LogP contribution in [0.4, 0.5) is 0 Å². The quantitative estimate of drug-likeness (QED) is 0.671. The highest BCUT2D eigenvalue weighted by Crippen LogP contribution is 2.25. The summed E-state index contributed by atoms with van der Waals surface area (Å²) < 4.78 is 5.98. The van der Waals surface area contributed by atoms with Gasteiger partial charge >= 0.3 is 0 Å². The number of nitrogens with one attached hydrogen (secondary N) is 1. The fourth-order valence-corrected chi connectivity index (χ4v) is 1.67. The van der Waals surface area contributed by atoms with E-state index in [0.29, 0.717) is 19.6 Å². The third kappa shape index (κ3) is 7.04. The molecule has 0 heterocycles. The van der Waals surface area contributed by atoms with Gasteiger partial charge < -0.3 is 10.1 Å². The normalized spacial score (nSPS) is 14.7. The lowest BCUT2D eigenvalue weighted by Crippen LogP contribution is -2.35. The summed E-state index contributed by atoms with van der Waals surface area (Å²) in [6.07, 6.45) is 2.90. The third-order valence-electron chi connectivity index (χ3n) is 4.18. The van der Waals surface area contributed by atoms with Gasteiger partial charge in [0.25, 0.3) is 0 Å². The number of amides is 1. The topological polar surface area (TPSA) is 55.4 Å². The van der Waals surface area contributed by atoms with Crippen molar-refractivity contribution in [1.29, 1.82) is 0 Å². The van der Waals surface area contributed by atoms with Gasteiger partial charge in [0.15, 0.2) is 0 Å². The summed E-state index contributed by atoms with van der Waals surface area (Å²) in [5, 5.41) is 2.87. The molecule has 0 fully saturated rings. The summed E-state index contributed by atoms with van der Waals surface area (Å²) in [6, 6.07) is 0. The molecule has 1 N–H and O–H groups in total. The van der Waals surface area contributed by atoms with Crippen LogP contribution in [0.3, 0.4) is 0 Å². The maximum Gasteiger partial charge on any atom is 0.219 e. The number of hydrogen-bond acceptors (Lipinski definition) is 3. The second-order valence-corrected chi connectivity index (χ2v) is 6.30. The molecule has 0 aromatic heterocycles. The van der Waals surface area contributed by atoms with E-state index in [9.17, 15) is 9.59 Å². The highest BCUT2D eigenvalue weighted by atomic mass is 16.5. The Morgan fingerprint density at radius 3 is 2.15 bits per heavy atom. The SMILES string of the molecule is CCC(=O)NCCC(C)(CC)OCCC(C)(C)C(C)=O. The molecular weight excluding hydrogens is 254 g/mol. The van der Waals surface area contributed by atoms with Gasteiger partial charge in [0.05, 0.1) is 5.60 Å². The molecule has 1 amide bonds. The molecule has 4 heteroatoms. The van der Waals surface area contributed by atoms with Gasteiger partial charge in [0, 0.05) is 25.0 Å². The lowest BCUT2D eigenvalue weighted by atomic mass is 9.85. The summed E-state index contributed by atoms with van der Waals surface area (Å²) in [7, 11) is 0. The minimum atomic E-state index is -0.328. The van der Waals surface area contributed by atoms with Crippen molar-refractivity contribution in [2.24, 2.45) is 5.41 Å². The third-order valence-corrected chi connectivity index (χ3v) is 4.18. The number of ether oxygens (including phenoxy) is 1. The van der Waals surface area contributed by atoms with E-state index in [0.717, 1.165) is 19.3 Å². The van der Waals surface area contributed by atoms with Crippen LogP contribution in [0.1, 0.15) is 67.2 Å². The second kappa shape index (κ2) is 8.40. The molecule has 0 rings (SSSR count). The molecule has 1 atom stereocenters. The molecule has 1 unspecified atom stereocenters. The fourth-order valence-electron chi connectivity index (χ4n) is 1.67. The molecule has 0 aliphatic carbocycles. The summed E-state index contributed by atoms with van der Waals surface area (Å²) in [5.74, 6) is 0.260. The number of rotatable bonds is 10. The van der Waals surface area contributed by atoms with Gasteiger partial charge in [-0.2, -0.15) is 0 Å². The maximum absolute atomic E-state index is 11.5.